The second-order valence-corrected chi connectivity index (χ2v) is 6.60. The SMILES string of the molecule is CC(=O)C(CCc1ccc(CC(=O)[O-])cc1)C(=O)OC(C)(C)C. The van der Waals surface area contributed by atoms with E-state index in [9.17, 15) is 19.5 Å². The van der Waals surface area contributed by atoms with Crippen LogP contribution >= 0.6 is 0 Å². The Morgan fingerprint density at radius 3 is 2.04 bits per heavy atom. The van der Waals surface area contributed by atoms with E-state index in [4.69, 9.17) is 4.74 Å². The monoisotopic (exact) mass is 319 g/mol. The zero-order chi connectivity index (χ0) is 17.6. The Kier molecular flexibility index (Phi) is 6.49. The predicted octanol–water partition coefficient (Wildman–Crippen LogP) is 1.46. The highest BCUT2D eigenvalue weighted by atomic mass is 16.6. The van der Waals surface area contributed by atoms with Gasteiger partial charge in [-0.05, 0) is 51.7 Å². The molecule has 0 saturated carbocycles. The lowest BCUT2D eigenvalue weighted by Gasteiger charge is -2.22. The van der Waals surface area contributed by atoms with Crippen molar-refractivity contribution in [2.75, 3.05) is 0 Å². The van der Waals surface area contributed by atoms with Crippen LogP contribution in [0.5, 0.6) is 0 Å². The second-order valence-electron chi connectivity index (χ2n) is 6.60. The van der Waals surface area contributed by atoms with Gasteiger partial charge in [-0.2, -0.15) is 0 Å². The number of Topliss-reactive ketones (excluding diaryl/α,β-unsaturated/α-hetero) is 1. The van der Waals surface area contributed by atoms with Crippen LogP contribution in [-0.4, -0.2) is 23.3 Å². The highest BCUT2D eigenvalue weighted by Crippen LogP contribution is 2.17. The highest BCUT2D eigenvalue weighted by molar-refractivity contribution is 5.97. The number of carboxylic acids is 1. The van der Waals surface area contributed by atoms with Crippen LogP contribution in [-0.2, 0) is 32.0 Å². The molecule has 5 heteroatoms. The maximum atomic E-state index is 12.1. The molecule has 0 aliphatic heterocycles. The fourth-order valence-electron chi connectivity index (χ4n) is 2.16. The average molecular weight is 319 g/mol. The first-order chi connectivity index (χ1) is 10.6. The number of benzene rings is 1. The molecule has 1 aromatic rings. The van der Waals surface area contributed by atoms with E-state index in [1.807, 2.05) is 0 Å². The Hall–Kier alpha value is -2.17. The first-order valence-corrected chi connectivity index (χ1v) is 7.59. The largest absolute Gasteiger partial charge is 0.550 e. The van der Waals surface area contributed by atoms with Gasteiger partial charge in [0, 0.05) is 12.4 Å². The molecule has 0 heterocycles. The number of hydrogen-bond acceptors (Lipinski definition) is 5. The van der Waals surface area contributed by atoms with E-state index in [1.165, 1.54) is 6.92 Å². The zero-order valence-corrected chi connectivity index (χ0v) is 14.0. The average Bonchev–Trinajstić information content (AvgIpc) is 2.37. The van der Waals surface area contributed by atoms with Crippen LogP contribution in [0.4, 0.5) is 0 Å². The van der Waals surface area contributed by atoms with Gasteiger partial charge in [-0.25, -0.2) is 0 Å². The van der Waals surface area contributed by atoms with Crippen LogP contribution in [0.1, 0.15) is 45.2 Å². The number of esters is 1. The van der Waals surface area contributed by atoms with E-state index < -0.39 is 23.5 Å². The number of hydrogen-bond donors (Lipinski definition) is 0. The number of ketones is 1. The molecule has 0 radical (unpaired) electrons. The minimum absolute atomic E-state index is 0.131. The summed E-state index contributed by atoms with van der Waals surface area (Å²) < 4.78 is 5.28. The van der Waals surface area contributed by atoms with Crippen LogP contribution in [0.2, 0.25) is 0 Å². The molecule has 0 fully saturated rings. The van der Waals surface area contributed by atoms with Crippen molar-refractivity contribution in [1.82, 2.24) is 0 Å². The molecule has 0 amide bonds. The van der Waals surface area contributed by atoms with Gasteiger partial charge in [0.05, 0.1) is 0 Å². The molecule has 1 aromatic carbocycles. The van der Waals surface area contributed by atoms with Gasteiger partial charge < -0.3 is 14.6 Å². The lowest BCUT2D eigenvalue weighted by atomic mass is 9.95. The molecule has 0 aliphatic carbocycles. The highest BCUT2D eigenvalue weighted by Gasteiger charge is 2.28. The van der Waals surface area contributed by atoms with E-state index in [1.54, 1.807) is 45.0 Å². The Morgan fingerprint density at radius 1 is 1.09 bits per heavy atom. The van der Waals surface area contributed by atoms with Crippen LogP contribution in [0.3, 0.4) is 0 Å². The van der Waals surface area contributed by atoms with Gasteiger partial charge >= 0.3 is 5.97 Å². The minimum Gasteiger partial charge on any atom is -0.550 e. The van der Waals surface area contributed by atoms with Crippen LogP contribution in [0, 0.1) is 5.92 Å². The minimum atomic E-state index is -1.13. The molecule has 1 rings (SSSR count). The van der Waals surface area contributed by atoms with Crippen molar-refractivity contribution in [2.24, 2.45) is 5.92 Å². The normalized spacial score (nSPS) is 12.5. The molecule has 126 valence electrons. The fraction of sp³-hybridized carbons (Fsp3) is 0.500. The van der Waals surface area contributed by atoms with Crippen molar-refractivity contribution in [3.63, 3.8) is 0 Å². The van der Waals surface area contributed by atoms with Gasteiger partial charge in [0.2, 0.25) is 0 Å². The lowest BCUT2D eigenvalue weighted by molar-refractivity contribution is -0.304. The van der Waals surface area contributed by atoms with Gasteiger partial charge in [-0.3, -0.25) is 9.59 Å². The molecule has 0 aromatic heterocycles. The van der Waals surface area contributed by atoms with Gasteiger partial charge in [-0.1, -0.05) is 24.3 Å². The number of carbonyl (C=O) groups excluding carboxylic acids is 3. The summed E-state index contributed by atoms with van der Waals surface area (Å²) >= 11 is 0. The summed E-state index contributed by atoms with van der Waals surface area (Å²) in [5.74, 6) is -2.62. The molecule has 5 nitrogen and oxygen atoms in total. The number of aryl methyl sites for hydroxylation is 1. The zero-order valence-electron chi connectivity index (χ0n) is 14.0. The Balaban J connectivity index is 2.67. The summed E-state index contributed by atoms with van der Waals surface area (Å²) in [6.45, 7) is 6.67. The van der Waals surface area contributed by atoms with Crippen molar-refractivity contribution < 1.29 is 24.2 Å². The third kappa shape index (κ3) is 7.08. The summed E-state index contributed by atoms with van der Waals surface area (Å²) in [6.07, 6.45) is 0.771. The molecular weight excluding hydrogens is 296 g/mol. The molecule has 1 unspecified atom stereocenters. The molecule has 0 saturated heterocycles. The Morgan fingerprint density at radius 2 is 1.61 bits per heavy atom. The van der Waals surface area contributed by atoms with E-state index in [0.29, 0.717) is 18.4 Å². The van der Waals surface area contributed by atoms with E-state index in [0.717, 1.165) is 5.56 Å². The van der Waals surface area contributed by atoms with Gasteiger partial charge in [0.15, 0.2) is 0 Å². The Bertz CT molecular complexity index is 566. The number of rotatable bonds is 7. The summed E-state index contributed by atoms with van der Waals surface area (Å²) in [5.41, 5.74) is 0.961. The third-order valence-corrected chi connectivity index (χ3v) is 3.28. The standard InChI is InChI=1S/C18H24O5/c1-12(19)15(17(22)23-18(2,3)4)10-9-13-5-7-14(8-6-13)11-16(20)21/h5-8,15H,9-11H2,1-4H3,(H,20,21)/p-1. The number of aliphatic carboxylic acids is 1. The summed E-state index contributed by atoms with van der Waals surface area (Å²) in [7, 11) is 0. The van der Waals surface area contributed by atoms with Gasteiger partial charge in [0.1, 0.15) is 17.3 Å². The van der Waals surface area contributed by atoms with Crippen molar-refractivity contribution in [2.45, 2.75) is 52.6 Å². The van der Waals surface area contributed by atoms with Crippen LogP contribution < -0.4 is 5.11 Å². The maximum Gasteiger partial charge on any atom is 0.316 e. The quantitative estimate of drug-likeness (QED) is 0.561. The molecule has 0 aliphatic rings. The Labute approximate surface area is 136 Å². The molecule has 0 bridgehead atoms. The van der Waals surface area contributed by atoms with Crippen molar-refractivity contribution in [3.8, 4) is 0 Å². The number of ether oxygens (including phenoxy) is 1. The van der Waals surface area contributed by atoms with Crippen molar-refractivity contribution in [1.29, 1.82) is 0 Å². The maximum absolute atomic E-state index is 12.1. The number of carbonyl (C=O) groups is 3. The molecule has 23 heavy (non-hydrogen) atoms. The van der Waals surface area contributed by atoms with E-state index >= 15 is 0 Å². The topological polar surface area (TPSA) is 83.5 Å². The second kappa shape index (κ2) is 7.90. The van der Waals surface area contributed by atoms with E-state index in [-0.39, 0.29) is 12.2 Å². The molecule has 0 spiro atoms. The first kappa shape index (κ1) is 18.9. The fourth-order valence-corrected chi connectivity index (χ4v) is 2.16. The third-order valence-electron chi connectivity index (χ3n) is 3.28. The molecular formula is C18H23O5-. The van der Waals surface area contributed by atoms with Crippen LogP contribution in [0.25, 0.3) is 0 Å². The predicted molar refractivity (Wildman–Crippen MR) is 83.5 cm³/mol. The number of carboxylic acid groups (broad SMARTS) is 1. The molecule has 0 N–H and O–H groups in total. The van der Waals surface area contributed by atoms with Crippen molar-refractivity contribution in [3.05, 3.63) is 35.4 Å². The van der Waals surface area contributed by atoms with E-state index in [2.05, 4.69) is 0 Å². The van der Waals surface area contributed by atoms with Gasteiger partial charge in [-0.15, -0.1) is 0 Å². The summed E-state index contributed by atoms with van der Waals surface area (Å²) in [6, 6.07) is 7.01. The summed E-state index contributed by atoms with van der Waals surface area (Å²) in [5, 5.41) is 10.5. The van der Waals surface area contributed by atoms with Crippen molar-refractivity contribution >= 4 is 17.7 Å². The first-order valence-electron chi connectivity index (χ1n) is 7.59. The summed E-state index contributed by atoms with van der Waals surface area (Å²) in [4.78, 5) is 34.3. The lowest BCUT2D eigenvalue weighted by Crippen LogP contribution is -2.32. The van der Waals surface area contributed by atoms with Crippen LogP contribution in [0.15, 0.2) is 24.3 Å². The smallest absolute Gasteiger partial charge is 0.316 e. The molecule has 1 atom stereocenters. The van der Waals surface area contributed by atoms with Gasteiger partial charge in [0.25, 0.3) is 0 Å².